The van der Waals surface area contributed by atoms with Gasteiger partial charge in [0.25, 0.3) is 0 Å². The molecular weight excluding hydrogens is 388 g/mol. The number of aromatic amines is 1. The summed E-state index contributed by atoms with van der Waals surface area (Å²) in [6.07, 6.45) is 3.56. The maximum Gasteiger partial charge on any atom is 0.216 e. The predicted octanol–water partition coefficient (Wildman–Crippen LogP) is 4.26. The predicted molar refractivity (Wildman–Crippen MR) is 112 cm³/mol. The molecule has 1 aromatic heterocycles. The van der Waals surface area contributed by atoms with E-state index in [-0.39, 0.29) is 6.10 Å². The Kier molecular flexibility index (Phi) is 6.02. The first-order valence-electron chi connectivity index (χ1n) is 9.42. The monoisotopic (exact) mass is 410 g/mol. The summed E-state index contributed by atoms with van der Waals surface area (Å²) in [5.41, 5.74) is 1.95. The highest BCUT2D eigenvalue weighted by Crippen LogP contribution is 2.29. The molecule has 0 spiro atoms. The largest absolute Gasteiger partial charge is 0.493 e. The Hall–Kier alpha value is -2.97. The van der Waals surface area contributed by atoms with E-state index < -0.39 is 0 Å². The zero-order chi connectivity index (χ0) is 20.1. The molecule has 1 aliphatic heterocycles. The molecule has 7 nitrogen and oxygen atoms in total. The fourth-order valence-corrected chi connectivity index (χ4v) is 3.33. The van der Waals surface area contributed by atoms with Crippen LogP contribution in [0.2, 0.25) is 0 Å². The number of nitrogens with zero attached hydrogens (tertiary/aromatic N) is 3. The van der Waals surface area contributed by atoms with E-state index in [0.29, 0.717) is 28.7 Å². The summed E-state index contributed by atoms with van der Waals surface area (Å²) in [5.74, 6) is 2.01. The first kappa shape index (κ1) is 19.4. The van der Waals surface area contributed by atoms with Gasteiger partial charge in [0, 0.05) is 6.61 Å². The van der Waals surface area contributed by atoms with Crippen LogP contribution in [-0.2, 0) is 11.3 Å². The van der Waals surface area contributed by atoms with Crippen LogP contribution in [0.25, 0.3) is 0 Å². The molecular formula is C21H22N4O3S. The van der Waals surface area contributed by atoms with Crippen molar-refractivity contribution in [2.45, 2.75) is 25.6 Å². The average molecular weight is 410 g/mol. The van der Waals surface area contributed by atoms with Crippen molar-refractivity contribution >= 4 is 18.4 Å². The second-order valence-corrected chi connectivity index (χ2v) is 7.02. The van der Waals surface area contributed by atoms with E-state index in [0.717, 1.165) is 30.6 Å². The Balaban J connectivity index is 1.51. The van der Waals surface area contributed by atoms with Gasteiger partial charge in [0.05, 0.1) is 13.3 Å². The van der Waals surface area contributed by atoms with Crippen LogP contribution in [0, 0.1) is 4.77 Å². The van der Waals surface area contributed by atoms with Crippen molar-refractivity contribution in [3.63, 3.8) is 0 Å². The van der Waals surface area contributed by atoms with Crippen molar-refractivity contribution in [3.05, 3.63) is 70.3 Å². The van der Waals surface area contributed by atoms with E-state index >= 15 is 0 Å². The lowest BCUT2D eigenvalue weighted by Crippen LogP contribution is -2.05. The minimum atomic E-state index is -0.0802. The fraction of sp³-hybridized carbons (Fsp3) is 0.286. The molecule has 0 aliphatic carbocycles. The summed E-state index contributed by atoms with van der Waals surface area (Å²) in [4.78, 5) is 0. The fourth-order valence-electron chi connectivity index (χ4n) is 3.15. The third-order valence-corrected chi connectivity index (χ3v) is 4.90. The lowest BCUT2D eigenvalue weighted by atomic mass is 10.2. The normalized spacial score (nSPS) is 16.4. The number of aromatic nitrogens is 3. The lowest BCUT2D eigenvalue weighted by Gasteiger charge is -2.11. The molecule has 8 heteroatoms. The van der Waals surface area contributed by atoms with Crippen LogP contribution in [0.15, 0.2) is 53.6 Å². The van der Waals surface area contributed by atoms with E-state index in [9.17, 15) is 0 Å². The van der Waals surface area contributed by atoms with Crippen molar-refractivity contribution in [1.82, 2.24) is 14.9 Å². The van der Waals surface area contributed by atoms with E-state index in [1.54, 1.807) is 18.0 Å². The van der Waals surface area contributed by atoms with Gasteiger partial charge in [-0.3, -0.25) is 5.10 Å². The first-order valence-corrected chi connectivity index (χ1v) is 9.83. The molecule has 29 heavy (non-hydrogen) atoms. The molecule has 4 rings (SSSR count). The van der Waals surface area contributed by atoms with Crippen LogP contribution < -0.4 is 9.47 Å². The van der Waals surface area contributed by atoms with Gasteiger partial charge in [0.15, 0.2) is 17.3 Å². The van der Waals surface area contributed by atoms with Crippen LogP contribution in [0.4, 0.5) is 0 Å². The van der Waals surface area contributed by atoms with Gasteiger partial charge < -0.3 is 14.2 Å². The summed E-state index contributed by atoms with van der Waals surface area (Å²) in [7, 11) is 1.62. The van der Waals surface area contributed by atoms with E-state index in [1.165, 1.54) is 0 Å². The first-order chi connectivity index (χ1) is 14.2. The Morgan fingerprint density at radius 1 is 1.28 bits per heavy atom. The molecule has 0 unspecified atom stereocenters. The van der Waals surface area contributed by atoms with Gasteiger partial charge in [0.2, 0.25) is 4.77 Å². The SMILES string of the molecule is COc1cc(/C=N\n2c([C@@H]3CCCO3)n[nH]c2=S)ccc1OCc1ccccc1. The molecule has 0 radical (unpaired) electrons. The molecule has 0 bridgehead atoms. The second kappa shape index (κ2) is 9.02. The van der Waals surface area contributed by atoms with Gasteiger partial charge in [-0.2, -0.15) is 14.9 Å². The number of hydrogen-bond acceptors (Lipinski definition) is 6. The number of hydrogen-bond donors (Lipinski definition) is 1. The molecule has 2 aromatic carbocycles. The number of nitrogens with one attached hydrogen (secondary N) is 1. The number of rotatable bonds is 7. The molecule has 0 amide bonds. The Morgan fingerprint density at radius 2 is 2.14 bits per heavy atom. The highest BCUT2D eigenvalue weighted by molar-refractivity contribution is 7.71. The van der Waals surface area contributed by atoms with Crippen molar-refractivity contribution in [2.75, 3.05) is 13.7 Å². The van der Waals surface area contributed by atoms with Crippen LogP contribution in [0.5, 0.6) is 11.5 Å². The lowest BCUT2D eigenvalue weighted by molar-refractivity contribution is 0.102. The molecule has 1 aliphatic rings. The van der Waals surface area contributed by atoms with Gasteiger partial charge in [0.1, 0.15) is 12.7 Å². The third kappa shape index (κ3) is 4.55. The van der Waals surface area contributed by atoms with Crippen molar-refractivity contribution in [2.24, 2.45) is 5.10 Å². The maximum absolute atomic E-state index is 5.90. The van der Waals surface area contributed by atoms with Crippen LogP contribution in [0.1, 0.15) is 35.9 Å². The van der Waals surface area contributed by atoms with Gasteiger partial charge in [-0.15, -0.1) is 0 Å². The Labute approximate surface area is 173 Å². The molecule has 1 N–H and O–H groups in total. The van der Waals surface area contributed by atoms with Gasteiger partial charge in [-0.25, -0.2) is 0 Å². The smallest absolute Gasteiger partial charge is 0.216 e. The summed E-state index contributed by atoms with van der Waals surface area (Å²) in [6, 6.07) is 15.7. The second-order valence-electron chi connectivity index (χ2n) is 6.63. The average Bonchev–Trinajstić information content (AvgIpc) is 3.41. The van der Waals surface area contributed by atoms with Gasteiger partial charge in [-0.05, 0) is 54.4 Å². The Morgan fingerprint density at radius 3 is 2.90 bits per heavy atom. The highest BCUT2D eigenvalue weighted by atomic mass is 32.1. The summed E-state index contributed by atoms with van der Waals surface area (Å²) in [6.45, 7) is 1.20. The number of ether oxygens (including phenoxy) is 3. The van der Waals surface area contributed by atoms with Gasteiger partial charge >= 0.3 is 0 Å². The van der Waals surface area contributed by atoms with Crippen molar-refractivity contribution < 1.29 is 14.2 Å². The molecule has 150 valence electrons. The van der Waals surface area contributed by atoms with E-state index in [1.807, 2.05) is 48.5 Å². The third-order valence-electron chi connectivity index (χ3n) is 4.64. The van der Waals surface area contributed by atoms with Crippen LogP contribution >= 0.6 is 12.2 Å². The van der Waals surface area contributed by atoms with E-state index in [2.05, 4.69) is 15.3 Å². The Bertz CT molecular complexity index is 1040. The minimum Gasteiger partial charge on any atom is -0.493 e. The quantitative estimate of drug-likeness (QED) is 0.465. The minimum absolute atomic E-state index is 0.0802. The number of benzene rings is 2. The topological polar surface area (TPSA) is 73.7 Å². The molecule has 1 atom stereocenters. The number of H-pyrrole nitrogens is 1. The zero-order valence-corrected chi connectivity index (χ0v) is 16.9. The standard InChI is InChI=1S/C21H22N4O3S/c1-26-19-12-16(9-10-17(19)28-14-15-6-3-2-4-7-15)13-22-25-20(23-24-21(25)29)18-8-5-11-27-18/h2-4,6-7,9-10,12-13,18H,5,8,11,14H2,1H3,(H,24,29)/b22-13-/t18-/m0/s1. The molecule has 0 saturated carbocycles. The molecule has 1 fully saturated rings. The van der Waals surface area contributed by atoms with Crippen molar-refractivity contribution in [1.29, 1.82) is 0 Å². The van der Waals surface area contributed by atoms with Crippen LogP contribution in [0.3, 0.4) is 0 Å². The van der Waals surface area contributed by atoms with Gasteiger partial charge in [-0.1, -0.05) is 30.3 Å². The molecule has 3 aromatic rings. The summed E-state index contributed by atoms with van der Waals surface area (Å²) in [5, 5.41) is 11.6. The van der Waals surface area contributed by atoms with E-state index in [4.69, 9.17) is 26.4 Å². The van der Waals surface area contributed by atoms with Crippen LogP contribution in [-0.4, -0.2) is 34.8 Å². The number of methoxy groups -OCH3 is 1. The molecule has 1 saturated heterocycles. The maximum atomic E-state index is 5.90. The van der Waals surface area contributed by atoms with Crippen molar-refractivity contribution in [3.8, 4) is 11.5 Å². The summed E-state index contributed by atoms with van der Waals surface area (Å²) < 4.78 is 19.1. The zero-order valence-electron chi connectivity index (χ0n) is 16.1. The summed E-state index contributed by atoms with van der Waals surface area (Å²) >= 11 is 5.30. The molecule has 2 heterocycles. The highest BCUT2D eigenvalue weighted by Gasteiger charge is 2.23.